The number of aliphatic hydroxyl groups is 1. The predicted octanol–water partition coefficient (Wildman–Crippen LogP) is 2.69. The molecule has 0 amide bonds. The monoisotopic (exact) mass is 216 g/mol. The molecule has 0 saturated heterocycles. The number of rotatable bonds is 4. The number of benzene rings is 1. The van der Waals surface area contributed by atoms with E-state index in [1.165, 1.54) is 0 Å². The minimum absolute atomic E-state index is 0.316. The molecular weight excluding hydrogens is 202 g/mol. The molecule has 0 unspecified atom stereocenters. The quantitative estimate of drug-likeness (QED) is 0.838. The van der Waals surface area contributed by atoms with Crippen molar-refractivity contribution in [3.05, 3.63) is 29.3 Å². The molecule has 2 nitrogen and oxygen atoms in total. The van der Waals surface area contributed by atoms with Crippen LogP contribution in [-0.2, 0) is 0 Å². The van der Waals surface area contributed by atoms with E-state index in [1.54, 1.807) is 25.1 Å². The Kier molecular flexibility index (Phi) is 4.03. The molecule has 0 radical (unpaired) electrons. The summed E-state index contributed by atoms with van der Waals surface area (Å²) >= 11 is 0. The summed E-state index contributed by atoms with van der Waals surface area (Å²) in [6, 6.07) is 5.08. The van der Waals surface area contributed by atoms with Crippen LogP contribution in [0.15, 0.2) is 18.2 Å². The molecule has 0 fully saturated rings. The lowest BCUT2D eigenvalue weighted by Crippen LogP contribution is -2.09. The van der Waals surface area contributed by atoms with Gasteiger partial charge in [0.05, 0.1) is 6.10 Å². The average molecular weight is 216 g/mol. The van der Waals surface area contributed by atoms with Crippen LogP contribution in [0.1, 0.15) is 24.2 Å². The second-order valence-electron chi connectivity index (χ2n) is 3.42. The van der Waals surface area contributed by atoms with Gasteiger partial charge in [-0.2, -0.15) is 0 Å². The molecule has 0 bridgehead atoms. The second kappa shape index (κ2) is 5.07. The molecule has 0 heterocycles. The van der Waals surface area contributed by atoms with Gasteiger partial charge in [-0.15, -0.1) is 0 Å². The van der Waals surface area contributed by atoms with E-state index in [0.717, 1.165) is 5.56 Å². The summed E-state index contributed by atoms with van der Waals surface area (Å²) in [5, 5.41) is 9.43. The molecule has 0 aliphatic heterocycles. The fourth-order valence-electron chi connectivity index (χ4n) is 1.28. The minimum atomic E-state index is -2.51. The fourth-order valence-corrected chi connectivity index (χ4v) is 1.28. The Hall–Kier alpha value is -1.16. The maximum atomic E-state index is 11.9. The van der Waals surface area contributed by atoms with Gasteiger partial charge in [0.25, 0.3) is 6.43 Å². The summed E-state index contributed by atoms with van der Waals surface area (Å²) in [6.45, 7) is 2.79. The lowest BCUT2D eigenvalue weighted by Gasteiger charge is -2.13. The Balaban J connectivity index is 2.86. The first-order valence-electron chi connectivity index (χ1n) is 4.70. The van der Waals surface area contributed by atoms with Crippen molar-refractivity contribution in [1.82, 2.24) is 0 Å². The van der Waals surface area contributed by atoms with Crippen LogP contribution in [0.5, 0.6) is 5.75 Å². The van der Waals surface area contributed by atoms with Crippen LogP contribution in [-0.4, -0.2) is 18.1 Å². The van der Waals surface area contributed by atoms with Crippen molar-refractivity contribution in [2.75, 3.05) is 6.61 Å². The summed E-state index contributed by atoms with van der Waals surface area (Å²) in [6.07, 6.45) is -3.23. The molecule has 1 aromatic rings. The molecule has 15 heavy (non-hydrogen) atoms. The van der Waals surface area contributed by atoms with Gasteiger partial charge in [0.1, 0.15) is 12.4 Å². The summed E-state index contributed by atoms with van der Waals surface area (Å²) in [7, 11) is 0. The van der Waals surface area contributed by atoms with Crippen molar-refractivity contribution in [2.45, 2.75) is 26.4 Å². The van der Waals surface area contributed by atoms with E-state index in [4.69, 9.17) is 4.74 Å². The van der Waals surface area contributed by atoms with E-state index in [0.29, 0.717) is 11.3 Å². The van der Waals surface area contributed by atoms with Crippen LogP contribution >= 0.6 is 0 Å². The van der Waals surface area contributed by atoms with Crippen molar-refractivity contribution < 1.29 is 18.6 Å². The SMILES string of the molecule is Cc1ccc(OCC(F)F)c([C@H](C)O)c1. The molecule has 1 atom stereocenters. The van der Waals surface area contributed by atoms with Crippen LogP contribution in [0.4, 0.5) is 8.78 Å². The van der Waals surface area contributed by atoms with Gasteiger partial charge in [0.2, 0.25) is 0 Å². The van der Waals surface area contributed by atoms with E-state index in [-0.39, 0.29) is 0 Å². The van der Waals surface area contributed by atoms with Crippen LogP contribution < -0.4 is 4.74 Å². The molecule has 0 aliphatic rings. The van der Waals surface area contributed by atoms with Crippen molar-refractivity contribution in [3.8, 4) is 5.75 Å². The normalized spacial score (nSPS) is 12.9. The Morgan fingerprint density at radius 1 is 1.40 bits per heavy atom. The van der Waals surface area contributed by atoms with Crippen LogP contribution in [0.2, 0.25) is 0 Å². The van der Waals surface area contributed by atoms with Gasteiger partial charge in [-0.25, -0.2) is 8.78 Å². The molecule has 1 N–H and O–H groups in total. The van der Waals surface area contributed by atoms with Crippen molar-refractivity contribution in [2.24, 2.45) is 0 Å². The summed E-state index contributed by atoms with van der Waals surface area (Å²) in [4.78, 5) is 0. The smallest absolute Gasteiger partial charge is 0.272 e. The third-order valence-corrected chi connectivity index (χ3v) is 1.98. The number of ether oxygens (including phenoxy) is 1. The minimum Gasteiger partial charge on any atom is -0.487 e. The number of halogens is 2. The topological polar surface area (TPSA) is 29.5 Å². The van der Waals surface area contributed by atoms with Crippen LogP contribution in [0.25, 0.3) is 0 Å². The highest BCUT2D eigenvalue weighted by molar-refractivity contribution is 5.38. The Morgan fingerprint density at radius 3 is 2.60 bits per heavy atom. The number of aryl methyl sites for hydroxylation is 1. The highest BCUT2D eigenvalue weighted by Crippen LogP contribution is 2.26. The van der Waals surface area contributed by atoms with Crippen LogP contribution in [0, 0.1) is 6.92 Å². The van der Waals surface area contributed by atoms with E-state index in [2.05, 4.69) is 0 Å². The second-order valence-corrected chi connectivity index (χ2v) is 3.42. The average Bonchev–Trinajstić information content (AvgIpc) is 2.15. The lowest BCUT2D eigenvalue weighted by molar-refractivity contribution is 0.0794. The molecule has 0 aliphatic carbocycles. The predicted molar refractivity (Wildman–Crippen MR) is 53.3 cm³/mol. The zero-order chi connectivity index (χ0) is 11.4. The Labute approximate surface area is 87.5 Å². The highest BCUT2D eigenvalue weighted by atomic mass is 19.3. The Bertz CT molecular complexity index is 324. The molecule has 0 spiro atoms. The number of aliphatic hydroxyl groups excluding tert-OH is 1. The van der Waals surface area contributed by atoms with E-state index >= 15 is 0 Å². The first-order valence-corrected chi connectivity index (χ1v) is 4.70. The van der Waals surface area contributed by atoms with Gasteiger partial charge in [-0.3, -0.25) is 0 Å². The van der Waals surface area contributed by atoms with E-state index in [9.17, 15) is 13.9 Å². The third-order valence-electron chi connectivity index (χ3n) is 1.98. The first-order chi connectivity index (χ1) is 7.00. The summed E-state index contributed by atoms with van der Waals surface area (Å²) in [5.74, 6) is 0.316. The van der Waals surface area contributed by atoms with Gasteiger partial charge in [-0.05, 0) is 26.0 Å². The van der Waals surface area contributed by atoms with Crippen molar-refractivity contribution >= 4 is 0 Å². The van der Waals surface area contributed by atoms with Crippen molar-refractivity contribution in [1.29, 1.82) is 0 Å². The zero-order valence-corrected chi connectivity index (χ0v) is 8.71. The van der Waals surface area contributed by atoms with E-state index < -0.39 is 19.1 Å². The fraction of sp³-hybridized carbons (Fsp3) is 0.455. The maximum Gasteiger partial charge on any atom is 0.272 e. The molecular formula is C11H14F2O2. The van der Waals surface area contributed by atoms with Crippen molar-refractivity contribution in [3.63, 3.8) is 0 Å². The zero-order valence-electron chi connectivity index (χ0n) is 8.71. The molecule has 4 heteroatoms. The highest BCUT2D eigenvalue weighted by Gasteiger charge is 2.11. The van der Waals surface area contributed by atoms with Gasteiger partial charge in [0.15, 0.2) is 0 Å². The number of hydrogen-bond acceptors (Lipinski definition) is 2. The van der Waals surface area contributed by atoms with E-state index in [1.807, 2.05) is 6.92 Å². The molecule has 1 rings (SSSR count). The standard InChI is InChI=1S/C11H14F2O2/c1-7-3-4-10(15-6-11(12)13)9(5-7)8(2)14/h3-5,8,11,14H,6H2,1-2H3/t8-/m0/s1. The van der Waals surface area contributed by atoms with Crippen LogP contribution in [0.3, 0.4) is 0 Å². The van der Waals surface area contributed by atoms with Gasteiger partial charge in [0, 0.05) is 5.56 Å². The Morgan fingerprint density at radius 2 is 2.07 bits per heavy atom. The third kappa shape index (κ3) is 3.47. The molecule has 84 valence electrons. The molecule has 1 aromatic carbocycles. The number of alkyl halides is 2. The lowest BCUT2D eigenvalue weighted by atomic mass is 10.1. The maximum absolute atomic E-state index is 11.9. The van der Waals surface area contributed by atoms with Gasteiger partial charge in [-0.1, -0.05) is 11.6 Å². The summed E-state index contributed by atoms with van der Waals surface area (Å²) < 4.78 is 28.8. The van der Waals surface area contributed by atoms with Gasteiger partial charge >= 0.3 is 0 Å². The summed E-state index contributed by atoms with van der Waals surface area (Å²) in [5.41, 5.74) is 1.49. The largest absolute Gasteiger partial charge is 0.487 e. The molecule has 0 aromatic heterocycles. The van der Waals surface area contributed by atoms with Gasteiger partial charge < -0.3 is 9.84 Å². The molecule has 0 saturated carbocycles. The number of hydrogen-bond donors (Lipinski definition) is 1. The first kappa shape index (κ1) is 11.9.